The maximum absolute atomic E-state index is 4.54. The topological polar surface area (TPSA) is 21.1 Å². The van der Waals surface area contributed by atoms with Crippen LogP contribution in [0.15, 0.2) is 146 Å². The molecule has 0 saturated carbocycles. The molecule has 2 aromatic heterocycles. The minimum Gasteiger partial charge on any atom is -0.309 e. The van der Waals surface area contributed by atoms with Crippen molar-refractivity contribution in [1.82, 2.24) is 14.5 Å². The number of rotatable bonds is 6. The first kappa shape index (κ1) is 30.3. The van der Waals surface area contributed by atoms with E-state index in [2.05, 4.69) is 169 Å². The van der Waals surface area contributed by atoms with E-state index in [-0.39, 0.29) is 6.04 Å². The van der Waals surface area contributed by atoms with Gasteiger partial charge in [-0.05, 0) is 132 Å². The number of hydrogen-bond donors (Lipinski definition) is 0. The van der Waals surface area contributed by atoms with Gasteiger partial charge in [0, 0.05) is 34.3 Å². The van der Waals surface area contributed by atoms with Crippen molar-refractivity contribution in [3.8, 4) is 39.2 Å². The number of aryl methyl sites for hydroxylation is 1. The number of pyridine rings is 1. The van der Waals surface area contributed by atoms with Crippen molar-refractivity contribution in [3.05, 3.63) is 162 Å². The number of aromatic nitrogens is 2. The van der Waals surface area contributed by atoms with Crippen molar-refractivity contribution < 1.29 is 0 Å². The van der Waals surface area contributed by atoms with Crippen LogP contribution in [0.2, 0.25) is 0 Å². The number of para-hydroxylation sites is 1. The molecule has 1 aliphatic carbocycles. The summed E-state index contributed by atoms with van der Waals surface area (Å²) in [4.78, 5) is 6.84. The molecule has 0 amide bonds. The molecular formula is C47H39N3. The molecule has 3 nitrogen and oxygen atoms in total. The smallest absolute Gasteiger partial charge is 0.0701 e. The molecule has 3 heteroatoms. The average Bonchev–Trinajstić information content (AvgIpc) is 3.50. The van der Waals surface area contributed by atoms with E-state index in [4.69, 9.17) is 0 Å². The largest absolute Gasteiger partial charge is 0.309 e. The molecule has 0 radical (unpaired) electrons. The van der Waals surface area contributed by atoms with Crippen molar-refractivity contribution in [2.24, 2.45) is 0 Å². The number of allylic oxidation sites excluding steroid dienone is 1. The number of fused-ring (bicyclic) bond motifs is 5. The average molecular weight is 646 g/mol. The Bertz CT molecular complexity index is 2570. The molecule has 0 saturated heterocycles. The predicted octanol–water partition coefficient (Wildman–Crippen LogP) is 11.9. The zero-order chi connectivity index (χ0) is 33.8. The summed E-state index contributed by atoms with van der Waals surface area (Å²) in [7, 11) is 4.34. The molecule has 9 rings (SSSR count). The lowest BCUT2D eigenvalue weighted by Gasteiger charge is -2.24. The highest BCUT2D eigenvalue weighted by molar-refractivity contribution is 6.11. The van der Waals surface area contributed by atoms with Gasteiger partial charge >= 0.3 is 0 Å². The highest BCUT2D eigenvalue weighted by Crippen LogP contribution is 2.42. The first-order valence-electron chi connectivity index (χ1n) is 17.6. The Labute approximate surface area is 293 Å². The van der Waals surface area contributed by atoms with Gasteiger partial charge in [0.15, 0.2) is 0 Å². The van der Waals surface area contributed by atoms with Crippen molar-refractivity contribution in [1.29, 1.82) is 0 Å². The van der Waals surface area contributed by atoms with Gasteiger partial charge in [-0.25, -0.2) is 0 Å². The molecule has 1 aliphatic rings. The van der Waals surface area contributed by atoms with Gasteiger partial charge < -0.3 is 9.47 Å². The van der Waals surface area contributed by atoms with Crippen molar-refractivity contribution in [3.63, 3.8) is 0 Å². The van der Waals surface area contributed by atoms with Gasteiger partial charge in [0.25, 0.3) is 0 Å². The van der Waals surface area contributed by atoms with Crippen molar-refractivity contribution in [2.45, 2.75) is 25.8 Å². The highest BCUT2D eigenvalue weighted by Gasteiger charge is 2.20. The summed E-state index contributed by atoms with van der Waals surface area (Å²) in [5.74, 6) is 0. The fraction of sp³-hybridized carbons (Fsp3) is 0.128. The van der Waals surface area contributed by atoms with E-state index in [1.807, 2.05) is 18.3 Å². The van der Waals surface area contributed by atoms with E-state index in [0.717, 1.165) is 24.1 Å². The summed E-state index contributed by atoms with van der Waals surface area (Å²) in [6.45, 7) is 2.30. The molecule has 0 spiro atoms. The fourth-order valence-corrected chi connectivity index (χ4v) is 7.81. The van der Waals surface area contributed by atoms with Gasteiger partial charge in [-0.15, -0.1) is 0 Å². The lowest BCUT2D eigenvalue weighted by Crippen LogP contribution is -2.17. The zero-order valence-electron chi connectivity index (χ0n) is 28.8. The van der Waals surface area contributed by atoms with Crippen LogP contribution in [0.5, 0.6) is 0 Å². The predicted molar refractivity (Wildman–Crippen MR) is 212 cm³/mol. The van der Waals surface area contributed by atoms with E-state index in [1.54, 1.807) is 0 Å². The van der Waals surface area contributed by atoms with Crippen LogP contribution >= 0.6 is 0 Å². The Balaban J connectivity index is 1.25. The lowest BCUT2D eigenvalue weighted by atomic mass is 9.85. The number of hydrogen-bond acceptors (Lipinski definition) is 2. The lowest BCUT2D eigenvalue weighted by molar-refractivity contribution is 0.321. The summed E-state index contributed by atoms with van der Waals surface area (Å²) in [6, 6.07) is 49.4. The Morgan fingerprint density at radius 2 is 1.38 bits per heavy atom. The molecule has 0 aliphatic heterocycles. The first-order valence-corrected chi connectivity index (χ1v) is 17.6. The second-order valence-corrected chi connectivity index (χ2v) is 13.8. The third kappa shape index (κ3) is 5.14. The molecule has 1 atom stereocenters. The monoisotopic (exact) mass is 645 g/mol. The van der Waals surface area contributed by atoms with Crippen LogP contribution in [0.1, 0.15) is 36.1 Å². The molecule has 1 unspecified atom stereocenters. The summed E-state index contributed by atoms with van der Waals surface area (Å²) in [6.07, 6.45) is 8.70. The van der Waals surface area contributed by atoms with E-state index >= 15 is 0 Å². The van der Waals surface area contributed by atoms with Gasteiger partial charge in [-0.2, -0.15) is 0 Å². The Hall–Kier alpha value is -5.77. The summed E-state index contributed by atoms with van der Waals surface area (Å²) < 4.78 is 2.47. The van der Waals surface area contributed by atoms with E-state index < -0.39 is 0 Å². The Morgan fingerprint density at radius 1 is 0.640 bits per heavy atom. The fourth-order valence-electron chi connectivity index (χ4n) is 7.81. The van der Waals surface area contributed by atoms with Gasteiger partial charge in [0.2, 0.25) is 0 Å². The normalized spacial score (nSPS) is 13.4. The second kappa shape index (κ2) is 12.3. The summed E-state index contributed by atoms with van der Waals surface area (Å²) in [5.41, 5.74) is 14.8. The minimum absolute atomic E-state index is 0.240. The van der Waals surface area contributed by atoms with Gasteiger partial charge in [-0.1, -0.05) is 97.1 Å². The van der Waals surface area contributed by atoms with Crippen LogP contribution in [0.3, 0.4) is 0 Å². The quantitative estimate of drug-likeness (QED) is 0.179. The number of benzene rings is 6. The van der Waals surface area contributed by atoms with E-state index in [0.29, 0.717) is 0 Å². The molecule has 0 bridgehead atoms. The van der Waals surface area contributed by atoms with Crippen molar-refractivity contribution in [2.75, 3.05) is 14.1 Å². The Kier molecular flexibility index (Phi) is 7.44. The van der Waals surface area contributed by atoms with Gasteiger partial charge in [0.1, 0.15) is 0 Å². The van der Waals surface area contributed by atoms with Crippen molar-refractivity contribution >= 4 is 38.7 Å². The van der Waals surface area contributed by atoms with Crippen LogP contribution in [0.4, 0.5) is 0 Å². The van der Waals surface area contributed by atoms with Crippen LogP contribution in [0.25, 0.3) is 77.9 Å². The molecular weight excluding hydrogens is 607 g/mol. The second-order valence-electron chi connectivity index (χ2n) is 13.8. The summed E-state index contributed by atoms with van der Waals surface area (Å²) in [5, 5.41) is 5.12. The first-order chi connectivity index (χ1) is 24.5. The van der Waals surface area contributed by atoms with E-state index in [1.165, 1.54) is 77.2 Å². The molecule has 2 heterocycles. The van der Waals surface area contributed by atoms with E-state index in [9.17, 15) is 0 Å². The van der Waals surface area contributed by atoms with Crippen LogP contribution in [0, 0.1) is 0 Å². The Morgan fingerprint density at radius 3 is 2.20 bits per heavy atom. The molecule has 8 aromatic rings. The highest BCUT2D eigenvalue weighted by atomic mass is 15.1. The maximum atomic E-state index is 4.54. The summed E-state index contributed by atoms with van der Waals surface area (Å²) >= 11 is 0. The molecule has 50 heavy (non-hydrogen) atoms. The zero-order valence-corrected chi connectivity index (χ0v) is 28.8. The third-order valence-corrected chi connectivity index (χ3v) is 10.6. The third-order valence-electron chi connectivity index (χ3n) is 10.6. The molecule has 0 fully saturated rings. The van der Waals surface area contributed by atoms with Crippen LogP contribution < -0.4 is 0 Å². The van der Waals surface area contributed by atoms with Gasteiger partial charge in [0.05, 0.1) is 16.7 Å². The molecule has 0 N–H and O–H groups in total. The van der Waals surface area contributed by atoms with Crippen LogP contribution in [-0.4, -0.2) is 28.5 Å². The molecule has 6 aromatic carbocycles. The van der Waals surface area contributed by atoms with Gasteiger partial charge in [-0.3, -0.25) is 4.98 Å². The molecule has 242 valence electrons. The SMILES string of the molecule is CC(c1cc(-c2c3c(cc4ccccc24)CCC=C3)cc(-n2c3ccccc3c3cc(-c4ccc(-c5ccccn5)cc4)ccc32)c1)N(C)C. The number of nitrogens with zero attached hydrogens (tertiary/aromatic N) is 3. The maximum Gasteiger partial charge on any atom is 0.0701 e. The van der Waals surface area contributed by atoms with Crippen LogP contribution in [-0.2, 0) is 6.42 Å². The minimum atomic E-state index is 0.240. The standard InChI is InChI=1S/C47H39N3/c1-31(49(2)3)37-27-38(47-40-14-6-4-12-35(40)26-36-13-5-7-15-41(36)47)29-39(28-37)50-45-18-9-8-16-42(45)43-30-34(23-24-46(43)50)32-19-21-33(22-20-32)44-17-10-11-25-48-44/h4,6-12,14-31H,5,13H2,1-3H3.